The summed E-state index contributed by atoms with van der Waals surface area (Å²) in [6, 6.07) is 5.05. The van der Waals surface area contributed by atoms with Gasteiger partial charge in [0.15, 0.2) is 0 Å². The maximum atomic E-state index is 13.1. The maximum absolute atomic E-state index is 13.1. The highest BCUT2D eigenvalue weighted by Crippen LogP contribution is 2.12. The van der Waals surface area contributed by atoms with Crippen molar-refractivity contribution in [1.82, 2.24) is 0 Å². The molecule has 0 bridgehead atoms. The lowest BCUT2D eigenvalue weighted by atomic mass is 10.1. The van der Waals surface area contributed by atoms with E-state index < -0.39 is 0 Å². The number of rotatable bonds is 2. The Labute approximate surface area is 78.4 Å². The van der Waals surface area contributed by atoms with Crippen molar-refractivity contribution >= 4 is 6.08 Å². The summed E-state index contributed by atoms with van der Waals surface area (Å²) in [4.78, 5) is 0. The summed E-state index contributed by atoms with van der Waals surface area (Å²) in [5.74, 6) is -0.192. The van der Waals surface area contributed by atoms with Gasteiger partial charge >= 0.3 is 0 Å². The van der Waals surface area contributed by atoms with E-state index in [-0.39, 0.29) is 5.82 Å². The number of benzene rings is 1. The van der Waals surface area contributed by atoms with Gasteiger partial charge in [-0.2, -0.15) is 0 Å². The van der Waals surface area contributed by atoms with E-state index in [4.69, 9.17) is 0 Å². The van der Waals surface area contributed by atoms with Crippen molar-refractivity contribution in [3.05, 3.63) is 53.4 Å². The molecule has 0 aliphatic heterocycles. The van der Waals surface area contributed by atoms with Gasteiger partial charge in [-0.05, 0) is 26.0 Å². The zero-order valence-corrected chi connectivity index (χ0v) is 7.97. The zero-order chi connectivity index (χ0) is 9.84. The number of hydrogen-bond donors (Lipinski definition) is 0. The van der Waals surface area contributed by atoms with Gasteiger partial charge < -0.3 is 0 Å². The summed E-state index contributed by atoms with van der Waals surface area (Å²) in [6.45, 7) is 7.53. The van der Waals surface area contributed by atoms with Crippen LogP contribution in [0.3, 0.4) is 0 Å². The van der Waals surface area contributed by atoms with Crippen LogP contribution in [0.15, 0.2) is 36.4 Å². The van der Waals surface area contributed by atoms with Crippen LogP contribution in [0.4, 0.5) is 4.39 Å². The van der Waals surface area contributed by atoms with E-state index in [2.05, 4.69) is 6.58 Å². The number of aryl methyl sites for hydroxylation is 1. The lowest BCUT2D eigenvalue weighted by Crippen LogP contribution is -1.82. The molecule has 0 fully saturated rings. The molecule has 0 spiro atoms. The van der Waals surface area contributed by atoms with Gasteiger partial charge in [0.2, 0.25) is 0 Å². The molecule has 0 N–H and O–H groups in total. The summed E-state index contributed by atoms with van der Waals surface area (Å²) in [5, 5.41) is 0. The van der Waals surface area contributed by atoms with Crippen molar-refractivity contribution in [2.45, 2.75) is 13.8 Å². The Hall–Kier alpha value is -1.37. The third kappa shape index (κ3) is 2.86. The van der Waals surface area contributed by atoms with Crippen LogP contribution in [0.25, 0.3) is 6.08 Å². The van der Waals surface area contributed by atoms with E-state index in [0.717, 1.165) is 11.1 Å². The molecule has 0 aromatic heterocycles. The first kappa shape index (κ1) is 9.72. The van der Waals surface area contributed by atoms with Crippen molar-refractivity contribution in [1.29, 1.82) is 0 Å². The Kier molecular flexibility index (Phi) is 3.02. The van der Waals surface area contributed by atoms with E-state index in [1.807, 2.05) is 19.9 Å². The lowest BCUT2D eigenvalue weighted by Gasteiger charge is -1.98. The molecule has 1 aromatic rings. The van der Waals surface area contributed by atoms with Gasteiger partial charge in [-0.15, -0.1) is 0 Å². The Morgan fingerprint density at radius 2 is 2.15 bits per heavy atom. The molecular weight excluding hydrogens is 163 g/mol. The van der Waals surface area contributed by atoms with Gasteiger partial charge in [0.1, 0.15) is 5.82 Å². The smallest absolute Gasteiger partial charge is 0.130 e. The summed E-state index contributed by atoms with van der Waals surface area (Å²) in [7, 11) is 0. The van der Waals surface area contributed by atoms with Crippen LogP contribution >= 0.6 is 0 Å². The van der Waals surface area contributed by atoms with Crippen molar-refractivity contribution in [2.24, 2.45) is 0 Å². The summed E-state index contributed by atoms with van der Waals surface area (Å²) in [5.41, 5.74) is 2.59. The average Bonchev–Trinajstić information content (AvgIpc) is 2.06. The largest absolute Gasteiger partial charge is 0.206 e. The minimum absolute atomic E-state index is 0.192. The van der Waals surface area contributed by atoms with Crippen LogP contribution in [0.5, 0.6) is 0 Å². The number of halogens is 1. The Morgan fingerprint density at radius 1 is 1.46 bits per heavy atom. The SMILES string of the molecule is C=C(C)/C=C/c1cc(C)ccc1F. The molecule has 0 radical (unpaired) electrons. The Balaban J connectivity index is 3.00. The van der Waals surface area contributed by atoms with Crippen molar-refractivity contribution in [3.63, 3.8) is 0 Å². The fourth-order valence-corrected chi connectivity index (χ4v) is 1.02. The predicted octanol–water partition coefficient (Wildman–Crippen LogP) is 3.72. The minimum atomic E-state index is -0.192. The van der Waals surface area contributed by atoms with Gasteiger partial charge in [-0.3, -0.25) is 0 Å². The predicted molar refractivity (Wildman–Crippen MR) is 55.0 cm³/mol. The average molecular weight is 176 g/mol. The molecule has 0 aliphatic rings. The third-order valence-corrected chi connectivity index (χ3v) is 1.70. The van der Waals surface area contributed by atoms with Crippen LogP contribution < -0.4 is 0 Å². The second-order valence-electron chi connectivity index (χ2n) is 3.20. The van der Waals surface area contributed by atoms with Crippen molar-refractivity contribution in [3.8, 4) is 0 Å². The standard InChI is InChI=1S/C12H13F/c1-9(2)4-6-11-8-10(3)5-7-12(11)13/h4-8H,1H2,2-3H3/b6-4+. The maximum Gasteiger partial charge on any atom is 0.130 e. The van der Waals surface area contributed by atoms with E-state index in [1.165, 1.54) is 6.07 Å². The third-order valence-electron chi connectivity index (χ3n) is 1.70. The normalized spacial score (nSPS) is 10.7. The highest BCUT2D eigenvalue weighted by Gasteiger charge is 1.96. The molecule has 0 saturated heterocycles. The van der Waals surface area contributed by atoms with Crippen LogP contribution in [0.1, 0.15) is 18.1 Å². The molecule has 13 heavy (non-hydrogen) atoms. The van der Waals surface area contributed by atoms with Crippen molar-refractivity contribution in [2.75, 3.05) is 0 Å². The molecule has 1 rings (SSSR count). The van der Waals surface area contributed by atoms with Crippen LogP contribution in [0.2, 0.25) is 0 Å². The molecule has 1 aromatic carbocycles. The Bertz CT molecular complexity index is 348. The molecule has 0 unspecified atom stereocenters. The quantitative estimate of drug-likeness (QED) is 0.602. The minimum Gasteiger partial charge on any atom is -0.206 e. The first-order chi connectivity index (χ1) is 6.09. The number of hydrogen-bond acceptors (Lipinski definition) is 0. The molecule has 1 heteroatoms. The first-order valence-corrected chi connectivity index (χ1v) is 4.19. The molecule has 0 nitrogen and oxygen atoms in total. The number of allylic oxidation sites excluding steroid dienone is 2. The molecule has 0 heterocycles. The van der Waals surface area contributed by atoms with E-state index in [0.29, 0.717) is 5.56 Å². The van der Waals surface area contributed by atoms with E-state index >= 15 is 0 Å². The van der Waals surface area contributed by atoms with Gasteiger partial charge in [-0.25, -0.2) is 4.39 Å². The van der Waals surface area contributed by atoms with E-state index in [1.54, 1.807) is 18.2 Å². The lowest BCUT2D eigenvalue weighted by molar-refractivity contribution is 0.624. The monoisotopic (exact) mass is 176 g/mol. The van der Waals surface area contributed by atoms with Crippen molar-refractivity contribution < 1.29 is 4.39 Å². The highest BCUT2D eigenvalue weighted by molar-refractivity contribution is 5.53. The molecule has 68 valence electrons. The van der Waals surface area contributed by atoms with Gasteiger partial charge in [0.05, 0.1) is 0 Å². The fraction of sp³-hybridized carbons (Fsp3) is 0.167. The molecule has 0 aliphatic carbocycles. The van der Waals surface area contributed by atoms with Crippen LogP contribution in [-0.2, 0) is 0 Å². The first-order valence-electron chi connectivity index (χ1n) is 4.19. The van der Waals surface area contributed by atoms with E-state index in [9.17, 15) is 4.39 Å². The Morgan fingerprint density at radius 3 is 2.77 bits per heavy atom. The zero-order valence-electron chi connectivity index (χ0n) is 7.97. The van der Waals surface area contributed by atoms with Crippen LogP contribution in [-0.4, -0.2) is 0 Å². The summed E-state index contributed by atoms with van der Waals surface area (Å²) < 4.78 is 13.1. The van der Waals surface area contributed by atoms with Crippen LogP contribution in [0, 0.1) is 12.7 Å². The van der Waals surface area contributed by atoms with Gasteiger partial charge in [0, 0.05) is 5.56 Å². The summed E-state index contributed by atoms with van der Waals surface area (Å²) in [6.07, 6.45) is 3.54. The van der Waals surface area contributed by atoms with Gasteiger partial charge in [-0.1, -0.05) is 35.9 Å². The molecule has 0 saturated carbocycles. The summed E-state index contributed by atoms with van der Waals surface area (Å²) >= 11 is 0. The van der Waals surface area contributed by atoms with Gasteiger partial charge in [0.25, 0.3) is 0 Å². The fourth-order valence-electron chi connectivity index (χ4n) is 1.02. The topological polar surface area (TPSA) is 0 Å². The highest BCUT2D eigenvalue weighted by atomic mass is 19.1. The second-order valence-corrected chi connectivity index (χ2v) is 3.20. The molecule has 0 amide bonds. The second kappa shape index (κ2) is 4.04. The molecular formula is C12H13F. The molecule has 0 atom stereocenters.